The van der Waals surface area contributed by atoms with E-state index in [1.54, 1.807) is 19.2 Å². The third kappa shape index (κ3) is 5.05. The van der Waals surface area contributed by atoms with Crippen LogP contribution in [0.3, 0.4) is 0 Å². The van der Waals surface area contributed by atoms with E-state index in [2.05, 4.69) is 10.3 Å². The number of hydrogen-bond acceptors (Lipinski definition) is 7. The minimum atomic E-state index is -1.88. The van der Waals surface area contributed by atoms with Gasteiger partial charge in [0, 0.05) is 29.6 Å². The van der Waals surface area contributed by atoms with Crippen LogP contribution in [0.5, 0.6) is 5.75 Å². The molecule has 0 fully saturated rings. The predicted octanol–water partition coefficient (Wildman–Crippen LogP) is 1.67. The number of nitrogens with zero attached hydrogens (tertiary/aromatic N) is 2. The van der Waals surface area contributed by atoms with Crippen molar-refractivity contribution in [2.24, 2.45) is 0 Å². The van der Waals surface area contributed by atoms with Crippen molar-refractivity contribution in [2.45, 2.75) is 31.6 Å². The number of carbonyl (C=O) groups is 2. The zero-order chi connectivity index (χ0) is 23.4. The molecule has 1 aliphatic heterocycles. The van der Waals surface area contributed by atoms with Crippen LogP contribution in [0.2, 0.25) is 0 Å². The number of methoxy groups -OCH3 is 1. The van der Waals surface area contributed by atoms with Crippen molar-refractivity contribution in [1.82, 2.24) is 10.3 Å². The number of rotatable bonds is 8. The van der Waals surface area contributed by atoms with Gasteiger partial charge in [-0.1, -0.05) is 36.4 Å². The Hall–Kier alpha value is -3.27. The molecule has 1 aliphatic rings. The van der Waals surface area contributed by atoms with E-state index in [-0.39, 0.29) is 6.54 Å². The topological polar surface area (TPSA) is 112 Å². The molecule has 4 rings (SSSR count). The third-order valence-corrected chi connectivity index (χ3v) is 6.45. The number of anilines is 1. The van der Waals surface area contributed by atoms with Crippen LogP contribution in [0.25, 0.3) is 0 Å². The molecule has 172 valence electrons. The molecule has 0 radical (unpaired) electrons. The Labute approximate surface area is 195 Å². The summed E-state index contributed by atoms with van der Waals surface area (Å²) in [6, 6.07) is 15.1. The maximum Gasteiger partial charge on any atom is 0.259 e. The Morgan fingerprint density at radius 3 is 2.73 bits per heavy atom. The number of hydrogen-bond donors (Lipinski definition) is 3. The number of aliphatic hydroxyl groups excluding tert-OH is 2. The van der Waals surface area contributed by atoms with Crippen molar-refractivity contribution in [3.8, 4) is 5.75 Å². The molecular formula is C24H25N3O5S. The van der Waals surface area contributed by atoms with Crippen LogP contribution >= 0.6 is 11.3 Å². The molecule has 0 spiro atoms. The van der Waals surface area contributed by atoms with Gasteiger partial charge >= 0.3 is 0 Å². The first-order valence-corrected chi connectivity index (χ1v) is 11.4. The van der Waals surface area contributed by atoms with Crippen molar-refractivity contribution in [2.75, 3.05) is 18.6 Å². The summed E-state index contributed by atoms with van der Waals surface area (Å²) < 4.78 is 5.36. The van der Waals surface area contributed by atoms with Crippen LogP contribution in [0, 0.1) is 0 Å². The Morgan fingerprint density at radius 2 is 1.91 bits per heavy atom. The van der Waals surface area contributed by atoms with E-state index in [1.807, 2.05) is 41.8 Å². The first kappa shape index (κ1) is 22.9. The zero-order valence-electron chi connectivity index (χ0n) is 18.1. The predicted molar refractivity (Wildman–Crippen MR) is 124 cm³/mol. The molecule has 3 N–H and O–H groups in total. The molecule has 0 saturated heterocycles. The van der Waals surface area contributed by atoms with Crippen LogP contribution in [0.4, 0.5) is 5.69 Å². The number of para-hydroxylation sites is 2. The summed E-state index contributed by atoms with van der Waals surface area (Å²) in [6.07, 6.45) is -2.48. The summed E-state index contributed by atoms with van der Waals surface area (Å²) in [5.74, 6) is -0.747. The minimum Gasteiger partial charge on any atom is -0.496 e. The van der Waals surface area contributed by atoms with E-state index in [9.17, 15) is 19.8 Å². The fourth-order valence-corrected chi connectivity index (χ4v) is 4.56. The molecule has 0 unspecified atom stereocenters. The lowest BCUT2D eigenvalue weighted by molar-refractivity contribution is -0.144. The highest BCUT2D eigenvalue weighted by atomic mass is 32.1. The first-order chi connectivity index (χ1) is 16.0. The second-order valence-corrected chi connectivity index (χ2v) is 8.64. The Kier molecular flexibility index (Phi) is 7.02. The Balaban J connectivity index is 1.32. The maximum absolute atomic E-state index is 12.7. The van der Waals surface area contributed by atoms with E-state index in [1.165, 1.54) is 16.2 Å². The summed E-state index contributed by atoms with van der Waals surface area (Å²) >= 11 is 1.38. The number of benzene rings is 2. The molecule has 2 amide bonds. The number of carbonyl (C=O) groups excluding carboxylic acids is 2. The average Bonchev–Trinajstić information content (AvgIpc) is 3.48. The Bertz CT molecular complexity index is 1150. The highest BCUT2D eigenvalue weighted by molar-refractivity contribution is 7.09. The summed E-state index contributed by atoms with van der Waals surface area (Å²) in [6.45, 7) is 0.484. The van der Waals surface area contributed by atoms with E-state index in [0.29, 0.717) is 30.1 Å². The lowest BCUT2D eigenvalue weighted by Gasteiger charge is -2.23. The van der Waals surface area contributed by atoms with Gasteiger partial charge in [-0.3, -0.25) is 9.59 Å². The molecule has 3 aromatic rings. The highest BCUT2D eigenvalue weighted by Crippen LogP contribution is 2.28. The van der Waals surface area contributed by atoms with Gasteiger partial charge in [0.2, 0.25) is 0 Å². The molecule has 0 bridgehead atoms. The van der Waals surface area contributed by atoms with Gasteiger partial charge in [0.25, 0.3) is 11.8 Å². The summed E-state index contributed by atoms with van der Waals surface area (Å²) in [7, 11) is 1.62. The molecule has 2 heterocycles. The van der Waals surface area contributed by atoms with Gasteiger partial charge in [-0.05, 0) is 24.1 Å². The monoisotopic (exact) mass is 467 g/mol. The van der Waals surface area contributed by atoms with Gasteiger partial charge in [0.1, 0.15) is 10.8 Å². The number of ether oxygens (including phenoxy) is 1. The lowest BCUT2D eigenvalue weighted by atomic mass is 10.1. The van der Waals surface area contributed by atoms with Crippen molar-refractivity contribution >= 4 is 28.8 Å². The number of thiazole rings is 1. The first-order valence-electron chi connectivity index (χ1n) is 10.6. The molecule has 8 nitrogen and oxygen atoms in total. The molecule has 2 atom stereocenters. The lowest BCUT2D eigenvalue weighted by Crippen LogP contribution is -2.50. The van der Waals surface area contributed by atoms with Crippen LogP contribution in [0.15, 0.2) is 53.9 Å². The standard InChI is InChI=1S/C24H25N3O5S/c1-32-19-9-5-3-7-16(19)12-17-14-33-20(26-17)13-25-23(30)21(28)22(29)24(31)27-11-10-15-6-2-4-8-18(15)27/h2-9,14,21-22,28-29H,10-13H2,1H3,(H,25,30)/t21-,22-/m1/s1. The molecule has 2 aromatic carbocycles. The van der Waals surface area contributed by atoms with Gasteiger partial charge in [-0.15, -0.1) is 11.3 Å². The SMILES string of the molecule is COc1ccccc1Cc1csc(CNC(=O)[C@H](O)[C@@H](O)C(=O)N2CCc3ccccc32)n1. The van der Waals surface area contributed by atoms with Crippen molar-refractivity contribution in [3.63, 3.8) is 0 Å². The van der Waals surface area contributed by atoms with Gasteiger partial charge in [-0.2, -0.15) is 0 Å². The van der Waals surface area contributed by atoms with Crippen molar-refractivity contribution in [1.29, 1.82) is 0 Å². The Morgan fingerprint density at radius 1 is 1.15 bits per heavy atom. The molecular weight excluding hydrogens is 442 g/mol. The largest absolute Gasteiger partial charge is 0.496 e. The quantitative estimate of drug-likeness (QED) is 0.465. The summed E-state index contributed by atoms with van der Waals surface area (Å²) in [5, 5.41) is 25.7. The molecule has 1 aromatic heterocycles. The smallest absolute Gasteiger partial charge is 0.259 e. The summed E-state index contributed by atoms with van der Waals surface area (Å²) in [4.78, 5) is 31.0. The third-order valence-electron chi connectivity index (χ3n) is 5.55. The number of amides is 2. The van der Waals surface area contributed by atoms with E-state index in [0.717, 1.165) is 22.6 Å². The molecule has 0 saturated carbocycles. The molecule has 9 heteroatoms. The number of nitrogens with one attached hydrogen (secondary N) is 1. The van der Waals surface area contributed by atoms with Crippen LogP contribution < -0.4 is 15.0 Å². The van der Waals surface area contributed by atoms with Crippen molar-refractivity contribution in [3.05, 3.63) is 75.7 Å². The summed E-state index contributed by atoms with van der Waals surface area (Å²) in [5.41, 5.74) is 3.52. The fourth-order valence-electron chi connectivity index (χ4n) is 3.83. The van der Waals surface area contributed by atoms with E-state index in [4.69, 9.17) is 4.74 Å². The second-order valence-electron chi connectivity index (χ2n) is 7.70. The molecule has 33 heavy (non-hydrogen) atoms. The minimum absolute atomic E-state index is 0.0833. The highest BCUT2D eigenvalue weighted by Gasteiger charge is 2.36. The number of aliphatic hydroxyl groups is 2. The van der Waals surface area contributed by atoms with Crippen LogP contribution in [-0.4, -0.2) is 52.9 Å². The fraction of sp³-hybridized carbons (Fsp3) is 0.292. The van der Waals surface area contributed by atoms with Gasteiger partial charge < -0.3 is 25.2 Å². The van der Waals surface area contributed by atoms with Gasteiger partial charge in [-0.25, -0.2) is 4.98 Å². The average molecular weight is 468 g/mol. The van der Waals surface area contributed by atoms with Gasteiger partial charge in [0.15, 0.2) is 12.2 Å². The second kappa shape index (κ2) is 10.1. The maximum atomic E-state index is 12.7. The van der Waals surface area contributed by atoms with Crippen LogP contribution in [0.1, 0.15) is 21.8 Å². The zero-order valence-corrected chi connectivity index (χ0v) is 18.9. The van der Waals surface area contributed by atoms with E-state index >= 15 is 0 Å². The normalized spacial score (nSPS) is 14.5. The van der Waals surface area contributed by atoms with Gasteiger partial charge in [0.05, 0.1) is 19.3 Å². The number of fused-ring (bicyclic) bond motifs is 1. The number of aromatic nitrogens is 1. The van der Waals surface area contributed by atoms with E-state index < -0.39 is 24.0 Å². The molecule has 0 aliphatic carbocycles. The van der Waals surface area contributed by atoms with Crippen LogP contribution in [-0.2, 0) is 29.0 Å². The van der Waals surface area contributed by atoms with Crippen molar-refractivity contribution < 1.29 is 24.5 Å².